The smallest absolute Gasteiger partial charge is 0.287 e. The maximum Gasteiger partial charge on any atom is 0.287 e. The number of aryl methyl sites for hydroxylation is 1. The Morgan fingerprint density at radius 2 is 2.15 bits per heavy atom. The molecule has 0 N–H and O–H groups in total. The van der Waals surface area contributed by atoms with E-state index < -0.39 is 5.24 Å². The number of rotatable bonds is 4. The number of aromatic nitrogens is 1. The molecule has 0 spiro atoms. The molecule has 0 amide bonds. The van der Waals surface area contributed by atoms with Crippen LogP contribution in [0.15, 0.2) is 28.7 Å². The Morgan fingerprint density at radius 1 is 1.35 bits per heavy atom. The van der Waals surface area contributed by atoms with Crippen LogP contribution in [0.1, 0.15) is 23.9 Å². The van der Waals surface area contributed by atoms with Crippen molar-refractivity contribution in [1.29, 1.82) is 0 Å². The average molecular weight is 292 g/mol. The predicted molar refractivity (Wildman–Crippen MR) is 78.7 cm³/mol. The molecule has 0 saturated carbocycles. The summed E-state index contributed by atoms with van der Waals surface area (Å²) in [6.07, 6.45) is 0.978. The number of carbonyl (C=O) groups is 1. The van der Waals surface area contributed by atoms with Crippen LogP contribution in [0.4, 0.5) is 0 Å². The molecule has 2 aromatic heterocycles. The lowest BCUT2D eigenvalue weighted by Gasteiger charge is -2.05. The van der Waals surface area contributed by atoms with Gasteiger partial charge in [-0.3, -0.25) is 4.79 Å². The van der Waals surface area contributed by atoms with Crippen LogP contribution in [-0.4, -0.2) is 16.9 Å². The molecule has 104 valence electrons. The molecule has 2 heterocycles. The summed E-state index contributed by atoms with van der Waals surface area (Å²) in [6.45, 7) is 2.94. The number of carbonyl (C=O) groups excluding carboxylic acids is 1. The van der Waals surface area contributed by atoms with Crippen LogP contribution in [-0.2, 0) is 6.54 Å². The fourth-order valence-corrected chi connectivity index (χ4v) is 2.61. The third-order valence-electron chi connectivity index (χ3n) is 3.38. The highest BCUT2D eigenvalue weighted by atomic mass is 35.5. The number of furan rings is 1. The Hall–Kier alpha value is -1.94. The molecule has 4 nitrogen and oxygen atoms in total. The van der Waals surface area contributed by atoms with E-state index in [1.54, 1.807) is 13.2 Å². The van der Waals surface area contributed by atoms with E-state index in [0.29, 0.717) is 5.58 Å². The van der Waals surface area contributed by atoms with E-state index in [4.69, 9.17) is 20.8 Å². The van der Waals surface area contributed by atoms with E-state index in [2.05, 4.69) is 11.5 Å². The zero-order valence-corrected chi connectivity index (χ0v) is 12.0. The number of hydrogen-bond donors (Lipinski definition) is 0. The quantitative estimate of drug-likeness (QED) is 0.677. The zero-order chi connectivity index (χ0) is 14.3. The van der Waals surface area contributed by atoms with E-state index in [1.165, 1.54) is 0 Å². The van der Waals surface area contributed by atoms with Crippen LogP contribution in [0.2, 0.25) is 0 Å². The first-order chi connectivity index (χ1) is 9.65. The molecule has 1 aromatic carbocycles. The molecule has 5 heteroatoms. The highest BCUT2D eigenvalue weighted by Gasteiger charge is 2.18. The monoisotopic (exact) mass is 291 g/mol. The highest BCUT2D eigenvalue weighted by molar-refractivity contribution is 6.67. The van der Waals surface area contributed by atoms with Gasteiger partial charge in [-0.05, 0) is 30.2 Å². The standard InChI is InChI=1S/C15H14ClNO3/c1-3-6-17-11-7-9(19-2)4-5-10(11)14-12(17)8-13(20-14)15(16)18/h4-5,7-8H,3,6H2,1-2H3. The van der Waals surface area contributed by atoms with Gasteiger partial charge in [-0.1, -0.05) is 6.92 Å². The van der Waals surface area contributed by atoms with Gasteiger partial charge >= 0.3 is 0 Å². The van der Waals surface area contributed by atoms with Gasteiger partial charge < -0.3 is 13.7 Å². The van der Waals surface area contributed by atoms with E-state index in [-0.39, 0.29) is 5.76 Å². The molecule has 0 atom stereocenters. The Kier molecular flexibility index (Phi) is 3.18. The summed E-state index contributed by atoms with van der Waals surface area (Å²) in [5.74, 6) is 0.975. The molecule has 0 aliphatic rings. The van der Waals surface area contributed by atoms with Gasteiger partial charge in [0.15, 0.2) is 11.3 Å². The topological polar surface area (TPSA) is 44.4 Å². The van der Waals surface area contributed by atoms with Crippen LogP contribution in [0.25, 0.3) is 22.0 Å². The van der Waals surface area contributed by atoms with Gasteiger partial charge in [0.2, 0.25) is 0 Å². The summed E-state index contributed by atoms with van der Waals surface area (Å²) in [5, 5.41) is 0.379. The SMILES string of the molecule is CCCn1c2cc(OC)ccc2c2oc(C(=O)Cl)cc21. The third-order valence-corrected chi connectivity index (χ3v) is 3.57. The number of halogens is 1. The lowest BCUT2D eigenvalue weighted by molar-refractivity contribution is 0.105. The van der Waals surface area contributed by atoms with Gasteiger partial charge in [0.25, 0.3) is 5.24 Å². The van der Waals surface area contributed by atoms with Gasteiger partial charge in [0, 0.05) is 24.1 Å². The van der Waals surface area contributed by atoms with E-state index in [0.717, 1.165) is 35.1 Å². The molecule has 0 aliphatic heterocycles. The minimum Gasteiger partial charge on any atom is -0.497 e. The molecule has 3 rings (SSSR count). The molecule has 20 heavy (non-hydrogen) atoms. The lowest BCUT2D eigenvalue weighted by Crippen LogP contribution is -1.96. The Morgan fingerprint density at radius 3 is 2.80 bits per heavy atom. The van der Waals surface area contributed by atoms with Crippen molar-refractivity contribution >= 4 is 38.8 Å². The van der Waals surface area contributed by atoms with Gasteiger partial charge in [-0.25, -0.2) is 0 Å². The second-order valence-electron chi connectivity index (χ2n) is 4.63. The number of benzene rings is 1. The molecule has 0 bridgehead atoms. The van der Waals surface area contributed by atoms with E-state index in [9.17, 15) is 4.79 Å². The number of hydrogen-bond acceptors (Lipinski definition) is 3. The van der Waals surface area contributed by atoms with Crippen LogP contribution in [0.5, 0.6) is 5.75 Å². The minimum atomic E-state index is -0.578. The number of fused-ring (bicyclic) bond motifs is 3. The first-order valence-corrected chi connectivity index (χ1v) is 6.83. The largest absolute Gasteiger partial charge is 0.497 e. The van der Waals surface area contributed by atoms with E-state index in [1.807, 2.05) is 18.2 Å². The van der Waals surface area contributed by atoms with Crippen molar-refractivity contribution < 1.29 is 13.9 Å². The Bertz CT molecular complexity index is 800. The maximum absolute atomic E-state index is 11.3. The lowest BCUT2D eigenvalue weighted by atomic mass is 10.2. The van der Waals surface area contributed by atoms with E-state index >= 15 is 0 Å². The summed E-state index contributed by atoms with van der Waals surface area (Å²) >= 11 is 5.50. The second-order valence-corrected chi connectivity index (χ2v) is 4.98. The van der Waals surface area contributed by atoms with Crippen molar-refractivity contribution in [2.45, 2.75) is 19.9 Å². The minimum absolute atomic E-state index is 0.180. The van der Waals surface area contributed by atoms with Gasteiger partial charge in [-0.15, -0.1) is 0 Å². The van der Waals surface area contributed by atoms with Gasteiger partial charge in [0.1, 0.15) is 5.75 Å². The Labute approximate surface area is 120 Å². The highest BCUT2D eigenvalue weighted by Crippen LogP contribution is 2.34. The zero-order valence-electron chi connectivity index (χ0n) is 11.3. The van der Waals surface area contributed by atoms with Crippen LogP contribution in [0.3, 0.4) is 0 Å². The molecule has 0 aliphatic carbocycles. The van der Waals surface area contributed by atoms with Crippen molar-refractivity contribution in [3.8, 4) is 5.75 Å². The fourth-order valence-electron chi connectivity index (χ4n) is 2.52. The van der Waals surface area contributed by atoms with Crippen molar-refractivity contribution in [3.63, 3.8) is 0 Å². The maximum atomic E-state index is 11.3. The average Bonchev–Trinajstić information content (AvgIpc) is 2.98. The van der Waals surface area contributed by atoms with Crippen molar-refractivity contribution in [3.05, 3.63) is 30.0 Å². The van der Waals surface area contributed by atoms with Crippen LogP contribution < -0.4 is 4.74 Å². The predicted octanol–water partition coefficient (Wildman–Crippen LogP) is 4.19. The van der Waals surface area contributed by atoms with Crippen LogP contribution >= 0.6 is 11.6 Å². The number of ether oxygens (including phenoxy) is 1. The summed E-state index contributed by atoms with van der Waals surface area (Å²) in [5.41, 5.74) is 2.62. The first kappa shape index (κ1) is 13.1. The molecule has 0 saturated heterocycles. The Balaban J connectivity index is 2.36. The normalized spacial score (nSPS) is 11.3. The summed E-state index contributed by atoms with van der Waals surface area (Å²) in [7, 11) is 1.64. The molecule has 3 aromatic rings. The van der Waals surface area contributed by atoms with Crippen molar-refractivity contribution in [2.75, 3.05) is 7.11 Å². The van der Waals surface area contributed by atoms with Gasteiger partial charge in [0.05, 0.1) is 18.1 Å². The molecule has 0 fully saturated rings. The summed E-state index contributed by atoms with van der Waals surface area (Å²) in [4.78, 5) is 11.3. The van der Waals surface area contributed by atoms with Gasteiger partial charge in [-0.2, -0.15) is 0 Å². The summed E-state index contributed by atoms with van der Waals surface area (Å²) in [6, 6.07) is 7.49. The van der Waals surface area contributed by atoms with Crippen LogP contribution in [0, 0.1) is 0 Å². The molecule has 0 radical (unpaired) electrons. The third kappa shape index (κ3) is 1.88. The molecular weight excluding hydrogens is 278 g/mol. The first-order valence-electron chi connectivity index (χ1n) is 6.45. The fraction of sp³-hybridized carbons (Fsp3) is 0.267. The van der Waals surface area contributed by atoms with Crippen molar-refractivity contribution in [2.24, 2.45) is 0 Å². The summed E-state index contributed by atoms with van der Waals surface area (Å²) < 4.78 is 13.0. The number of nitrogens with zero attached hydrogens (tertiary/aromatic N) is 1. The molecular formula is C15H14ClNO3. The second kappa shape index (κ2) is 4.87. The van der Waals surface area contributed by atoms with Crippen molar-refractivity contribution in [1.82, 2.24) is 4.57 Å². The molecule has 0 unspecified atom stereocenters. The number of methoxy groups -OCH3 is 1.